The zero-order valence-corrected chi connectivity index (χ0v) is 17.0. The molecule has 2 aromatic heterocycles. The van der Waals surface area contributed by atoms with Gasteiger partial charge < -0.3 is 10.5 Å². The van der Waals surface area contributed by atoms with Crippen LogP contribution in [0.1, 0.15) is 24.8 Å². The number of halogens is 1. The van der Waals surface area contributed by atoms with Crippen molar-refractivity contribution in [1.29, 1.82) is 0 Å². The second-order valence-electron chi connectivity index (χ2n) is 7.68. The predicted octanol–water partition coefficient (Wildman–Crippen LogP) is 5.67. The van der Waals surface area contributed by atoms with Gasteiger partial charge in [-0.25, -0.2) is 4.98 Å². The molecule has 0 unspecified atom stereocenters. The fourth-order valence-corrected chi connectivity index (χ4v) is 4.31. The maximum Gasteiger partial charge on any atom is 0.180 e. The Bertz CT molecular complexity index is 1180. The van der Waals surface area contributed by atoms with Crippen molar-refractivity contribution < 1.29 is 4.74 Å². The molecule has 1 fully saturated rings. The number of fused-ring (bicyclic) bond motifs is 1. The highest BCUT2D eigenvalue weighted by Crippen LogP contribution is 2.40. The first kappa shape index (κ1) is 18.2. The number of nitrogens with zero attached hydrogens (tertiary/aromatic N) is 2. The van der Waals surface area contributed by atoms with Gasteiger partial charge in [-0.2, -0.15) is 0 Å². The zero-order valence-electron chi connectivity index (χ0n) is 16.2. The monoisotopic (exact) mass is 403 g/mol. The van der Waals surface area contributed by atoms with E-state index in [9.17, 15) is 0 Å². The average Bonchev–Trinajstić information content (AvgIpc) is 3.11. The van der Waals surface area contributed by atoms with Gasteiger partial charge in [0.1, 0.15) is 0 Å². The molecule has 2 N–H and O–H groups in total. The van der Waals surface area contributed by atoms with Gasteiger partial charge in [-0.1, -0.05) is 66.2 Å². The van der Waals surface area contributed by atoms with Gasteiger partial charge >= 0.3 is 0 Å². The van der Waals surface area contributed by atoms with Crippen molar-refractivity contribution in [3.05, 3.63) is 77.4 Å². The summed E-state index contributed by atoms with van der Waals surface area (Å²) in [7, 11) is 1.64. The summed E-state index contributed by atoms with van der Waals surface area (Å²) in [6, 6.07) is 20.5. The van der Waals surface area contributed by atoms with Gasteiger partial charge in [0.15, 0.2) is 11.4 Å². The fraction of sp³-hybridized carbons (Fsp3) is 0.208. The van der Waals surface area contributed by atoms with Crippen LogP contribution in [-0.2, 0) is 5.54 Å². The Balaban J connectivity index is 1.72. The standard InChI is InChI=1S/C24H22ClN3O/c1-29-20-14-19(25)15-28-22(17-6-3-2-4-7-17)21(27-23(20)28)16-8-10-18(11-9-16)24(26)12-5-13-24/h2-4,6-11,14-15H,5,12-13,26H2,1H3. The normalized spacial score (nSPS) is 15.3. The largest absolute Gasteiger partial charge is 0.493 e. The van der Waals surface area contributed by atoms with Crippen LogP contribution in [0.4, 0.5) is 0 Å². The topological polar surface area (TPSA) is 52.5 Å². The highest BCUT2D eigenvalue weighted by Gasteiger charge is 2.34. The number of nitrogens with two attached hydrogens (primary N) is 1. The van der Waals surface area contributed by atoms with Crippen LogP contribution in [0, 0.1) is 0 Å². The van der Waals surface area contributed by atoms with Gasteiger partial charge in [0.2, 0.25) is 0 Å². The van der Waals surface area contributed by atoms with E-state index in [2.05, 4.69) is 36.4 Å². The van der Waals surface area contributed by atoms with Crippen LogP contribution < -0.4 is 10.5 Å². The molecule has 1 aliphatic rings. The minimum absolute atomic E-state index is 0.170. The van der Waals surface area contributed by atoms with E-state index < -0.39 is 0 Å². The van der Waals surface area contributed by atoms with Crippen molar-refractivity contribution in [2.45, 2.75) is 24.8 Å². The molecule has 1 aliphatic carbocycles. The molecule has 4 aromatic rings. The Labute approximate surface area is 174 Å². The minimum atomic E-state index is -0.170. The van der Waals surface area contributed by atoms with Gasteiger partial charge in [-0.05, 0) is 24.8 Å². The number of hydrogen-bond acceptors (Lipinski definition) is 3. The summed E-state index contributed by atoms with van der Waals surface area (Å²) in [5, 5.41) is 0.598. The third kappa shape index (κ3) is 3.00. The summed E-state index contributed by atoms with van der Waals surface area (Å²) in [6.07, 6.45) is 5.18. The molecule has 2 heterocycles. The first-order valence-corrected chi connectivity index (χ1v) is 10.2. The quantitative estimate of drug-likeness (QED) is 0.477. The van der Waals surface area contributed by atoms with Gasteiger partial charge in [0.25, 0.3) is 0 Å². The van der Waals surface area contributed by atoms with E-state index in [0.717, 1.165) is 41.0 Å². The zero-order chi connectivity index (χ0) is 20.0. The lowest BCUT2D eigenvalue weighted by Gasteiger charge is -2.38. The minimum Gasteiger partial charge on any atom is -0.493 e. The van der Waals surface area contributed by atoms with E-state index in [-0.39, 0.29) is 5.54 Å². The lowest BCUT2D eigenvalue weighted by molar-refractivity contribution is 0.253. The molecule has 29 heavy (non-hydrogen) atoms. The van der Waals surface area contributed by atoms with E-state index in [1.807, 2.05) is 28.8 Å². The first-order chi connectivity index (χ1) is 14.1. The van der Waals surface area contributed by atoms with Crippen molar-refractivity contribution >= 4 is 17.2 Å². The molecule has 0 atom stereocenters. The summed E-state index contributed by atoms with van der Waals surface area (Å²) in [4.78, 5) is 4.95. The summed E-state index contributed by atoms with van der Waals surface area (Å²) < 4.78 is 7.56. The molecular formula is C24H22ClN3O. The Morgan fingerprint density at radius 2 is 1.76 bits per heavy atom. The average molecular weight is 404 g/mol. The van der Waals surface area contributed by atoms with Gasteiger partial charge in [-0.3, -0.25) is 4.40 Å². The van der Waals surface area contributed by atoms with Crippen LogP contribution in [-0.4, -0.2) is 16.5 Å². The highest BCUT2D eigenvalue weighted by atomic mass is 35.5. The summed E-state index contributed by atoms with van der Waals surface area (Å²) in [5.41, 5.74) is 12.2. The number of ether oxygens (including phenoxy) is 1. The number of imidazole rings is 1. The Morgan fingerprint density at radius 1 is 1.03 bits per heavy atom. The number of methoxy groups -OCH3 is 1. The Morgan fingerprint density at radius 3 is 2.38 bits per heavy atom. The van der Waals surface area contributed by atoms with Crippen LogP contribution in [0.15, 0.2) is 66.9 Å². The molecule has 0 saturated heterocycles. The van der Waals surface area contributed by atoms with Gasteiger partial charge in [0, 0.05) is 28.9 Å². The summed E-state index contributed by atoms with van der Waals surface area (Å²) in [5.74, 6) is 0.646. The van der Waals surface area contributed by atoms with Crippen molar-refractivity contribution in [3.63, 3.8) is 0 Å². The van der Waals surface area contributed by atoms with Crippen LogP contribution in [0.25, 0.3) is 28.2 Å². The molecule has 0 bridgehead atoms. The van der Waals surface area contributed by atoms with E-state index >= 15 is 0 Å². The second-order valence-corrected chi connectivity index (χ2v) is 8.12. The number of rotatable bonds is 4. The maximum atomic E-state index is 6.50. The SMILES string of the molecule is COc1cc(Cl)cn2c(-c3ccccc3)c(-c3ccc(C4(N)CCC4)cc3)nc12. The summed E-state index contributed by atoms with van der Waals surface area (Å²) in [6.45, 7) is 0. The smallest absolute Gasteiger partial charge is 0.180 e. The van der Waals surface area contributed by atoms with Crippen molar-refractivity contribution in [2.24, 2.45) is 5.73 Å². The van der Waals surface area contributed by atoms with Crippen molar-refractivity contribution in [3.8, 4) is 28.3 Å². The van der Waals surface area contributed by atoms with Crippen LogP contribution in [0.5, 0.6) is 5.75 Å². The van der Waals surface area contributed by atoms with Gasteiger partial charge in [-0.15, -0.1) is 0 Å². The molecule has 0 amide bonds. The molecular weight excluding hydrogens is 382 g/mol. The molecule has 4 nitrogen and oxygen atoms in total. The van der Waals surface area contributed by atoms with E-state index in [1.165, 1.54) is 12.0 Å². The van der Waals surface area contributed by atoms with E-state index in [4.69, 9.17) is 27.1 Å². The number of benzene rings is 2. The van der Waals surface area contributed by atoms with E-state index in [1.54, 1.807) is 13.2 Å². The Hall–Kier alpha value is -2.82. The molecule has 1 saturated carbocycles. The number of hydrogen-bond donors (Lipinski definition) is 1. The predicted molar refractivity (Wildman–Crippen MR) is 117 cm³/mol. The van der Waals surface area contributed by atoms with Gasteiger partial charge in [0.05, 0.1) is 23.5 Å². The molecule has 0 aliphatic heterocycles. The van der Waals surface area contributed by atoms with Crippen molar-refractivity contribution in [2.75, 3.05) is 7.11 Å². The first-order valence-electron chi connectivity index (χ1n) is 9.80. The number of aromatic nitrogens is 2. The molecule has 0 radical (unpaired) electrons. The van der Waals surface area contributed by atoms with Crippen LogP contribution in [0.3, 0.4) is 0 Å². The third-order valence-corrected chi connectivity index (χ3v) is 6.11. The molecule has 5 rings (SSSR count). The van der Waals surface area contributed by atoms with Crippen LogP contribution >= 0.6 is 11.6 Å². The number of pyridine rings is 1. The molecule has 5 heteroatoms. The summed E-state index contributed by atoms with van der Waals surface area (Å²) >= 11 is 6.37. The lowest BCUT2D eigenvalue weighted by Crippen LogP contribution is -2.43. The molecule has 0 spiro atoms. The van der Waals surface area contributed by atoms with Crippen LogP contribution in [0.2, 0.25) is 5.02 Å². The lowest BCUT2D eigenvalue weighted by atomic mass is 9.72. The third-order valence-electron chi connectivity index (χ3n) is 5.90. The maximum absolute atomic E-state index is 6.50. The molecule has 146 valence electrons. The molecule has 2 aromatic carbocycles. The van der Waals surface area contributed by atoms with E-state index in [0.29, 0.717) is 10.8 Å². The second kappa shape index (κ2) is 6.90. The Kier molecular flexibility index (Phi) is 4.34. The van der Waals surface area contributed by atoms with Crippen molar-refractivity contribution in [1.82, 2.24) is 9.38 Å². The highest BCUT2D eigenvalue weighted by molar-refractivity contribution is 6.30. The fourth-order valence-electron chi connectivity index (χ4n) is 4.11.